The van der Waals surface area contributed by atoms with Gasteiger partial charge in [0.2, 0.25) is 5.91 Å². The Morgan fingerprint density at radius 2 is 2.32 bits per heavy atom. The lowest BCUT2D eigenvalue weighted by Crippen LogP contribution is -2.57. The van der Waals surface area contributed by atoms with Gasteiger partial charge in [-0.25, -0.2) is 0 Å². The number of carbonyl (C=O) groups is 2. The fourth-order valence-corrected chi connectivity index (χ4v) is 2.37. The van der Waals surface area contributed by atoms with E-state index in [0.29, 0.717) is 26.2 Å². The summed E-state index contributed by atoms with van der Waals surface area (Å²) in [5, 5.41) is 8.97. The van der Waals surface area contributed by atoms with E-state index in [1.807, 2.05) is 17.9 Å². The minimum absolute atomic E-state index is 0.109. The number of nitrogens with zero attached hydrogens (tertiary/aromatic N) is 2. The molecule has 2 heterocycles. The smallest absolute Gasteiger partial charge is 0.305 e. The van der Waals surface area contributed by atoms with E-state index in [4.69, 9.17) is 9.52 Å². The molecule has 6 heteroatoms. The van der Waals surface area contributed by atoms with Crippen molar-refractivity contribution < 1.29 is 19.1 Å². The largest absolute Gasteiger partial charge is 0.481 e. The van der Waals surface area contributed by atoms with Crippen LogP contribution in [-0.4, -0.2) is 52.5 Å². The Morgan fingerprint density at radius 3 is 2.89 bits per heavy atom. The van der Waals surface area contributed by atoms with Crippen molar-refractivity contribution in [2.24, 2.45) is 0 Å². The van der Waals surface area contributed by atoms with Crippen molar-refractivity contribution >= 4 is 11.9 Å². The molecule has 104 valence electrons. The predicted octanol–water partition coefficient (Wildman–Crippen LogP) is 0.787. The number of furan rings is 1. The highest BCUT2D eigenvalue weighted by molar-refractivity contribution is 5.86. The third-order valence-corrected chi connectivity index (χ3v) is 3.38. The van der Waals surface area contributed by atoms with E-state index in [0.717, 1.165) is 5.76 Å². The minimum Gasteiger partial charge on any atom is -0.481 e. The first-order valence-electron chi connectivity index (χ1n) is 6.38. The lowest BCUT2D eigenvalue weighted by Gasteiger charge is -2.39. The molecular formula is C13H18N2O4. The zero-order valence-electron chi connectivity index (χ0n) is 10.9. The molecule has 0 radical (unpaired) electrons. The van der Waals surface area contributed by atoms with Crippen LogP contribution >= 0.6 is 0 Å². The number of piperazine rings is 1. The summed E-state index contributed by atoms with van der Waals surface area (Å²) in [6.07, 6.45) is 1.40. The molecule has 6 nitrogen and oxygen atoms in total. The molecule has 1 N–H and O–H groups in total. The first-order chi connectivity index (χ1) is 9.11. The van der Waals surface area contributed by atoms with Gasteiger partial charge in [-0.3, -0.25) is 14.5 Å². The number of aliphatic carboxylic acids is 1. The van der Waals surface area contributed by atoms with Crippen LogP contribution in [0.5, 0.6) is 0 Å². The second-order valence-electron chi connectivity index (χ2n) is 4.58. The lowest BCUT2D eigenvalue weighted by molar-refractivity contribution is -0.149. The summed E-state index contributed by atoms with van der Waals surface area (Å²) in [5.41, 5.74) is 0. The number of rotatable bonds is 5. The van der Waals surface area contributed by atoms with Crippen LogP contribution < -0.4 is 0 Å². The first-order valence-corrected chi connectivity index (χ1v) is 6.38. The molecule has 1 aliphatic rings. The van der Waals surface area contributed by atoms with E-state index in [9.17, 15) is 9.59 Å². The number of hydrogen-bond donors (Lipinski definition) is 1. The summed E-state index contributed by atoms with van der Waals surface area (Å²) in [4.78, 5) is 26.7. The van der Waals surface area contributed by atoms with Crippen molar-refractivity contribution in [3.05, 3.63) is 24.2 Å². The summed E-state index contributed by atoms with van der Waals surface area (Å²) in [6.45, 7) is 4.28. The molecule has 1 aliphatic heterocycles. The van der Waals surface area contributed by atoms with Gasteiger partial charge in [-0.15, -0.1) is 0 Å². The zero-order chi connectivity index (χ0) is 13.8. The summed E-state index contributed by atoms with van der Waals surface area (Å²) in [5.74, 6) is -0.323. The summed E-state index contributed by atoms with van der Waals surface area (Å²) < 4.78 is 5.26. The number of amides is 1. The average molecular weight is 266 g/mol. The van der Waals surface area contributed by atoms with E-state index >= 15 is 0 Å². The Kier molecular flexibility index (Phi) is 4.21. The van der Waals surface area contributed by atoms with Crippen LogP contribution in [0, 0.1) is 0 Å². The van der Waals surface area contributed by atoms with E-state index in [2.05, 4.69) is 0 Å². The Morgan fingerprint density at radius 1 is 1.53 bits per heavy atom. The molecule has 0 bridgehead atoms. The lowest BCUT2D eigenvalue weighted by atomic mass is 10.1. The highest BCUT2D eigenvalue weighted by atomic mass is 16.4. The molecule has 0 spiro atoms. The van der Waals surface area contributed by atoms with E-state index in [-0.39, 0.29) is 12.3 Å². The van der Waals surface area contributed by atoms with Crippen molar-refractivity contribution in [3.8, 4) is 0 Å². The van der Waals surface area contributed by atoms with Gasteiger partial charge in [0.05, 0.1) is 19.2 Å². The highest BCUT2D eigenvalue weighted by Gasteiger charge is 2.35. The van der Waals surface area contributed by atoms with Gasteiger partial charge in [-0.2, -0.15) is 0 Å². The second kappa shape index (κ2) is 5.88. The molecule has 1 aromatic heterocycles. The Balaban J connectivity index is 2.11. The molecule has 2 rings (SSSR count). The average Bonchev–Trinajstić information content (AvgIpc) is 2.86. The fraction of sp³-hybridized carbons (Fsp3) is 0.538. The first kappa shape index (κ1) is 13.6. The number of carboxylic acid groups (broad SMARTS) is 1. The van der Waals surface area contributed by atoms with Gasteiger partial charge in [-0.05, 0) is 19.1 Å². The molecule has 1 aromatic rings. The number of likely N-dealkylation sites (N-methyl/N-ethyl adjacent to an activating group) is 1. The van der Waals surface area contributed by atoms with Crippen molar-refractivity contribution in [1.82, 2.24) is 9.80 Å². The van der Waals surface area contributed by atoms with Gasteiger partial charge in [0.1, 0.15) is 11.8 Å². The molecule has 1 atom stereocenters. The number of carboxylic acids is 1. The number of carbonyl (C=O) groups excluding carboxylic acids is 1. The minimum atomic E-state index is -0.958. The standard InChI is InChI=1S/C13H18N2O4/c1-2-14-5-6-15(9-10-4-3-7-19-10)11(13(14)18)8-12(16)17/h3-4,7,11H,2,5-6,8-9H2,1H3,(H,16,17). The molecule has 1 amide bonds. The molecule has 1 saturated heterocycles. The second-order valence-corrected chi connectivity index (χ2v) is 4.58. The third-order valence-electron chi connectivity index (χ3n) is 3.38. The predicted molar refractivity (Wildman–Crippen MR) is 67.4 cm³/mol. The topological polar surface area (TPSA) is 74.0 Å². The van der Waals surface area contributed by atoms with E-state index in [1.165, 1.54) is 0 Å². The summed E-state index contributed by atoms with van der Waals surface area (Å²) >= 11 is 0. The Hall–Kier alpha value is -1.82. The molecule has 0 aromatic carbocycles. The van der Waals surface area contributed by atoms with Gasteiger partial charge < -0.3 is 14.4 Å². The van der Waals surface area contributed by atoms with Gasteiger partial charge in [0.15, 0.2) is 0 Å². The summed E-state index contributed by atoms with van der Waals surface area (Å²) in [7, 11) is 0. The van der Waals surface area contributed by atoms with Crippen LogP contribution in [0.3, 0.4) is 0 Å². The zero-order valence-corrected chi connectivity index (χ0v) is 10.9. The van der Waals surface area contributed by atoms with Crippen LogP contribution in [0.15, 0.2) is 22.8 Å². The quantitative estimate of drug-likeness (QED) is 0.852. The van der Waals surface area contributed by atoms with Crippen LogP contribution in [0.25, 0.3) is 0 Å². The van der Waals surface area contributed by atoms with Crippen LogP contribution in [0.2, 0.25) is 0 Å². The maximum Gasteiger partial charge on any atom is 0.305 e. The fourth-order valence-electron chi connectivity index (χ4n) is 2.37. The summed E-state index contributed by atoms with van der Waals surface area (Å²) in [6, 6.07) is 3.01. The van der Waals surface area contributed by atoms with E-state index < -0.39 is 12.0 Å². The maximum atomic E-state index is 12.2. The van der Waals surface area contributed by atoms with Crippen molar-refractivity contribution in [3.63, 3.8) is 0 Å². The highest BCUT2D eigenvalue weighted by Crippen LogP contribution is 2.18. The monoisotopic (exact) mass is 266 g/mol. The maximum absolute atomic E-state index is 12.2. The molecule has 19 heavy (non-hydrogen) atoms. The molecule has 0 saturated carbocycles. The van der Waals surface area contributed by atoms with Crippen molar-refractivity contribution in [1.29, 1.82) is 0 Å². The van der Waals surface area contributed by atoms with Gasteiger partial charge in [0, 0.05) is 19.6 Å². The molecule has 1 fully saturated rings. The van der Waals surface area contributed by atoms with Crippen molar-refractivity contribution in [2.45, 2.75) is 25.9 Å². The third kappa shape index (κ3) is 3.14. The molecular weight excluding hydrogens is 248 g/mol. The normalized spacial score (nSPS) is 20.8. The van der Waals surface area contributed by atoms with Gasteiger partial charge >= 0.3 is 5.97 Å². The SMILES string of the molecule is CCN1CCN(Cc2ccco2)C(CC(=O)O)C1=O. The molecule has 0 aliphatic carbocycles. The van der Waals surface area contributed by atoms with Crippen molar-refractivity contribution in [2.75, 3.05) is 19.6 Å². The van der Waals surface area contributed by atoms with Crippen LogP contribution in [0.1, 0.15) is 19.1 Å². The van der Waals surface area contributed by atoms with Crippen LogP contribution in [-0.2, 0) is 16.1 Å². The van der Waals surface area contributed by atoms with Gasteiger partial charge in [-0.1, -0.05) is 0 Å². The van der Waals surface area contributed by atoms with Gasteiger partial charge in [0.25, 0.3) is 0 Å². The molecule has 1 unspecified atom stereocenters. The Labute approximate surface area is 111 Å². The van der Waals surface area contributed by atoms with E-state index in [1.54, 1.807) is 17.2 Å². The van der Waals surface area contributed by atoms with Crippen LogP contribution in [0.4, 0.5) is 0 Å². The number of hydrogen-bond acceptors (Lipinski definition) is 4. The Bertz CT molecular complexity index is 444.